The van der Waals surface area contributed by atoms with Gasteiger partial charge >= 0.3 is 0 Å². The lowest BCUT2D eigenvalue weighted by Gasteiger charge is -2.31. The number of aromatic nitrogens is 1. The number of hydrogen-bond donors (Lipinski definition) is 2. The summed E-state index contributed by atoms with van der Waals surface area (Å²) in [6, 6.07) is 8.41. The van der Waals surface area contributed by atoms with Crippen LogP contribution in [0.15, 0.2) is 24.3 Å². The number of nitrogens with zero attached hydrogens (tertiary/aromatic N) is 3. The van der Waals surface area contributed by atoms with E-state index in [0.29, 0.717) is 32.7 Å². The van der Waals surface area contributed by atoms with E-state index in [9.17, 15) is 4.79 Å². The molecule has 1 aromatic carbocycles. The van der Waals surface area contributed by atoms with Crippen LogP contribution >= 0.6 is 0 Å². The summed E-state index contributed by atoms with van der Waals surface area (Å²) in [5, 5.41) is 3.90. The van der Waals surface area contributed by atoms with E-state index < -0.39 is 0 Å². The number of ether oxygens (including phenoxy) is 1. The predicted octanol–water partition coefficient (Wildman–Crippen LogP) is 1.03. The standard InChI is InChI=1S/C21H29N5O2/c1-14-3-4-15-10-16(12-26-13-17(22)11-19(26)21(27)23-2)20(24-18(15)9-14)25-5-7-28-8-6-25/h3-4,9-10,17,19H,5-8,11-13,22H2,1-2H3,(H,23,27)/t17-,19+/m1/s1. The predicted molar refractivity (Wildman–Crippen MR) is 110 cm³/mol. The van der Waals surface area contributed by atoms with Crippen molar-refractivity contribution in [2.45, 2.75) is 32.0 Å². The van der Waals surface area contributed by atoms with Crippen molar-refractivity contribution in [3.8, 4) is 0 Å². The van der Waals surface area contributed by atoms with Gasteiger partial charge in [-0.2, -0.15) is 0 Å². The fraction of sp³-hybridized carbons (Fsp3) is 0.524. The Kier molecular flexibility index (Phi) is 5.48. The quantitative estimate of drug-likeness (QED) is 0.820. The molecule has 0 saturated carbocycles. The lowest BCUT2D eigenvalue weighted by molar-refractivity contribution is -0.125. The summed E-state index contributed by atoms with van der Waals surface area (Å²) in [6.07, 6.45) is 0.687. The van der Waals surface area contributed by atoms with Crippen LogP contribution in [0.3, 0.4) is 0 Å². The van der Waals surface area contributed by atoms with Gasteiger partial charge in [-0.1, -0.05) is 12.1 Å². The first-order valence-corrected chi connectivity index (χ1v) is 9.99. The zero-order valence-electron chi connectivity index (χ0n) is 16.6. The van der Waals surface area contributed by atoms with Crippen LogP contribution in [0.2, 0.25) is 0 Å². The van der Waals surface area contributed by atoms with Gasteiger partial charge in [-0.25, -0.2) is 4.98 Å². The number of hydrogen-bond acceptors (Lipinski definition) is 6. The number of nitrogens with one attached hydrogen (secondary N) is 1. The minimum Gasteiger partial charge on any atom is -0.378 e. The summed E-state index contributed by atoms with van der Waals surface area (Å²) in [6.45, 7) is 6.54. The number of benzene rings is 1. The van der Waals surface area contributed by atoms with Crippen LogP contribution in [0.4, 0.5) is 5.82 Å². The molecular weight excluding hydrogens is 354 g/mol. The fourth-order valence-electron chi connectivity index (χ4n) is 4.25. The lowest BCUT2D eigenvalue weighted by Crippen LogP contribution is -2.42. The highest BCUT2D eigenvalue weighted by atomic mass is 16.5. The molecule has 7 heteroatoms. The van der Waals surface area contributed by atoms with Gasteiger partial charge in [-0.15, -0.1) is 0 Å². The van der Waals surface area contributed by atoms with Gasteiger partial charge in [0.25, 0.3) is 0 Å². The van der Waals surface area contributed by atoms with E-state index in [2.05, 4.69) is 46.3 Å². The van der Waals surface area contributed by atoms with Gasteiger partial charge < -0.3 is 20.7 Å². The Bertz CT molecular complexity index is 865. The molecule has 2 aliphatic heterocycles. The topological polar surface area (TPSA) is 83.7 Å². The lowest BCUT2D eigenvalue weighted by atomic mass is 10.1. The van der Waals surface area contributed by atoms with Crippen LogP contribution in [0, 0.1) is 6.92 Å². The summed E-state index contributed by atoms with van der Waals surface area (Å²) in [7, 11) is 1.68. The molecule has 2 atom stereocenters. The fourth-order valence-corrected chi connectivity index (χ4v) is 4.25. The molecule has 2 aliphatic rings. The molecule has 2 aromatic rings. The number of likely N-dealkylation sites (tertiary alicyclic amines) is 1. The first-order chi connectivity index (χ1) is 13.5. The molecule has 150 valence electrons. The molecule has 0 unspecified atom stereocenters. The number of likely N-dealkylation sites (N-methyl/N-ethyl adjacent to an activating group) is 1. The molecule has 0 aliphatic carbocycles. The SMILES string of the molecule is CNC(=O)[C@@H]1C[C@@H](N)CN1Cc1cc2ccc(C)cc2nc1N1CCOCC1. The molecule has 2 fully saturated rings. The zero-order chi connectivity index (χ0) is 19.7. The number of carbonyl (C=O) groups is 1. The highest BCUT2D eigenvalue weighted by molar-refractivity contribution is 5.83. The summed E-state index contributed by atoms with van der Waals surface area (Å²) < 4.78 is 5.53. The molecule has 1 aromatic heterocycles. The van der Waals surface area contributed by atoms with Crippen molar-refractivity contribution in [1.82, 2.24) is 15.2 Å². The highest BCUT2D eigenvalue weighted by Crippen LogP contribution is 2.29. The van der Waals surface area contributed by atoms with Crippen molar-refractivity contribution in [2.24, 2.45) is 5.73 Å². The molecular formula is C21H29N5O2. The maximum atomic E-state index is 12.3. The monoisotopic (exact) mass is 383 g/mol. The zero-order valence-corrected chi connectivity index (χ0v) is 16.6. The second kappa shape index (κ2) is 8.03. The van der Waals surface area contributed by atoms with Crippen molar-refractivity contribution < 1.29 is 9.53 Å². The van der Waals surface area contributed by atoms with Gasteiger partial charge in [0, 0.05) is 50.2 Å². The van der Waals surface area contributed by atoms with E-state index in [0.717, 1.165) is 35.4 Å². The van der Waals surface area contributed by atoms with Crippen molar-refractivity contribution in [3.05, 3.63) is 35.4 Å². The van der Waals surface area contributed by atoms with E-state index in [1.54, 1.807) is 7.05 Å². The van der Waals surface area contributed by atoms with Crippen molar-refractivity contribution in [3.63, 3.8) is 0 Å². The average Bonchev–Trinajstić information content (AvgIpc) is 3.08. The van der Waals surface area contributed by atoms with Crippen molar-refractivity contribution in [2.75, 3.05) is 44.8 Å². The Labute approximate surface area is 165 Å². The van der Waals surface area contributed by atoms with Gasteiger partial charge in [0.2, 0.25) is 5.91 Å². The van der Waals surface area contributed by atoms with Crippen molar-refractivity contribution in [1.29, 1.82) is 0 Å². The van der Waals surface area contributed by atoms with Gasteiger partial charge in [-0.3, -0.25) is 9.69 Å². The first-order valence-electron chi connectivity index (χ1n) is 9.99. The summed E-state index contributed by atoms with van der Waals surface area (Å²) in [4.78, 5) is 21.9. The van der Waals surface area contributed by atoms with E-state index in [-0.39, 0.29) is 18.0 Å². The van der Waals surface area contributed by atoms with Crippen LogP contribution in [0.5, 0.6) is 0 Å². The van der Waals surface area contributed by atoms with Gasteiger partial charge in [0.15, 0.2) is 0 Å². The highest BCUT2D eigenvalue weighted by Gasteiger charge is 2.35. The molecule has 3 heterocycles. The second-order valence-electron chi connectivity index (χ2n) is 7.82. The maximum Gasteiger partial charge on any atom is 0.237 e. The number of rotatable bonds is 4. The molecule has 7 nitrogen and oxygen atoms in total. The number of pyridine rings is 1. The van der Waals surface area contributed by atoms with Crippen LogP contribution in [0.25, 0.3) is 10.9 Å². The molecule has 0 spiro atoms. The number of nitrogens with two attached hydrogens (primary N) is 1. The summed E-state index contributed by atoms with van der Waals surface area (Å²) in [5.74, 6) is 1.03. The average molecular weight is 383 g/mol. The third-order valence-electron chi connectivity index (χ3n) is 5.70. The Morgan fingerprint density at radius 2 is 2.11 bits per heavy atom. The molecule has 3 N–H and O–H groups in total. The number of anilines is 1. The summed E-state index contributed by atoms with van der Waals surface area (Å²) in [5.41, 5.74) is 9.53. The third-order valence-corrected chi connectivity index (χ3v) is 5.70. The maximum absolute atomic E-state index is 12.3. The van der Waals surface area contributed by atoms with E-state index >= 15 is 0 Å². The van der Waals surface area contributed by atoms with Gasteiger partial charge in [0.1, 0.15) is 5.82 Å². The van der Waals surface area contributed by atoms with Crippen molar-refractivity contribution >= 4 is 22.6 Å². The molecule has 0 radical (unpaired) electrons. The number of carbonyl (C=O) groups excluding carboxylic acids is 1. The first kappa shape index (κ1) is 19.1. The normalized spacial score (nSPS) is 23.3. The Morgan fingerprint density at radius 3 is 2.86 bits per heavy atom. The van der Waals surface area contributed by atoms with Crippen LogP contribution in [-0.4, -0.2) is 67.8 Å². The Hall–Kier alpha value is -2.22. The van der Waals surface area contributed by atoms with Gasteiger partial charge in [0.05, 0.1) is 24.8 Å². The number of morpholine rings is 1. The van der Waals surface area contributed by atoms with E-state index in [1.165, 1.54) is 5.56 Å². The number of fused-ring (bicyclic) bond motifs is 1. The number of aryl methyl sites for hydroxylation is 1. The molecule has 1 amide bonds. The summed E-state index contributed by atoms with van der Waals surface area (Å²) >= 11 is 0. The molecule has 2 saturated heterocycles. The molecule has 0 bridgehead atoms. The van der Waals surface area contributed by atoms with Crippen LogP contribution in [-0.2, 0) is 16.1 Å². The second-order valence-corrected chi connectivity index (χ2v) is 7.82. The smallest absolute Gasteiger partial charge is 0.237 e. The Balaban J connectivity index is 1.71. The molecule has 4 rings (SSSR count). The number of amides is 1. The van der Waals surface area contributed by atoms with Crippen LogP contribution < -0.4 is 16.0 Å². The Morgan fingerprint density at radius 1 is 1.32 bits per heavy atom. The van der Waals surface area contributed by atoms with Crippen LogP contribution in [0.1, 0.15) is 17.5 Å². The van der Waals surface area contributed by atoms with Gasteiger partial charge in [-0.05, 0) is 31.0 Å². The molecule has 28 heavy (non-hydrogen) atoms. The third kappa shape index (κ3) is 3.83. The minimum absolute atomic E-state index is 0.0187. The minimum atomic E-state index is -0.189. The largest absolute Gasteiger partial charge is 0.378 e. The van der Waals surface area contributed by atoms with E-state index in [4.69, 9.17) is 15.5 Å². The van der Waals surface area contributed by atoms with E-state index in [1.807, 2.05) is 0 Å².